The first kappa shape index (κ1) is 13.3. The molecule has 1 saturated heterocycles. The van der Waals surface area contributed by atoms with Crippen molar-refractivity contribution < 1.29 is 19.4 Å². The van der Waals surface area contributed by atoms with E-state index in [1.165, 1.54) is 7.11 Å². The van der Waals surface area contributed by atoms with Gasteiger partial charge < -0.3 is 15.2 Å². The van der Waals surface area contributed by atoms with Crippen molar-refractivity contribution in [2.24, 2.45) is 0 Å². The summed E-state index contributed by atoms with van der Waals surface area (Å²) in [4.78, 5) is 22.1. The molecule has 1 fully saturated rings. The Morgan fingerprint density at radius 1 is 1.62 bits per heavy atom. The van der Waals surface area contributed by atoms with Crippen LogP contribution in [-0.2, 0) is 14.3 Å². The van der Waals surface area contributed by atoms with E-state index >= 15 is 0 Å². The average molecular weight is 247 g/mol. The molecule has 0 bridgehead atoms. The second kappa shape index (κ2) is 6.75. The lowest BCUT2D eigenvalue weighted by Crippen LogP contribution is -2.38. The number of methoxy groups -OCH3 is 1. The topological polar surface area (TPSA) is 75.6 Å². The molecule has 0 aromatic carbocycles. The summed E-state index contributed by atoms with van der Waals surface area (Å²) >= 11 is 1.65. The Kier molecular flexibility index (Phi) is 5.62. The first-order chi connectivity index (χ1) is 7.63. The molecule has 0 aliphatic carbocycles. The SMILES string of the molecule is COC(CNC(=O)C1CCCS1)CC(=O)O. The van der Waals surface area contributed by atoms with Crippen LogP contribution in [0.15, 0.2) is 0 Å². The standard InChI is InChI=1S/C10H17NO4S/c1-15-7(5-9(12)13)6-11-10(14)8-3-2-4-16-8/h7-8H,2-6H2,1H3,(H,11,14)(H,12,13). The lowest BCUT2D eigenvalue weighted by atomic mass is 10.2. The van der Waals surface area contributed by atoms with Gasteiger partial charge in [-0.3, -0.25) is 9.59 Å². The molecule has 6 heteroatoms. The highest BCUT2D eigenvalue weighted by Crippen LogP contribution is 2.25. The first-order valence-corrected chi connectivity index (χ1v) is 6.32. The number of ether oxygens (including phenoxy) is 1. The number of rotatable bonds is 6. The molecule has 2 atom stereocenters. The third-order valence-corrected chi connectivity index (χ3v) is 3.84. The largest absolute Gasteiger partial charge is 0.481 e. The summed E-state index contributed by atoms with van der Waals surface area (Å²) in [5, 5.41) is 11.4. The molecule has 92 valence electrons. The lowest BCUT2D eigenvalue weighted by molar-refractivity contribution is -0.140. The highest BCUT2D eigenvalue weighted by atomic mass is 32.2. The number of hydrogen-bond acceptors (Lipinski definition) is 4. The number of nitrogens with one attached hydrogen (secondary N) is 1. The van der Waals surface area contributed by atoms with Crippen molar-refractivity contribution >= 4 is 23.6 Å². The molecule has 1 heterocycles. The minimum Gasteiger partial charge on any atom is -0.481 e. The van der Waals surface area contributed by atoms with Gasteiger partial charge in [-0.2, -0.15) is 0 Å². The third-order valence-electron chi connectivity index (χ3n) is 2.46. The number of hydrogen-bond donors (Lipinski definition) is 2. The maximum Gasteiger partial charge on any atom is 0.306 e. The number of thioether (sulfide) groups is 1. The number of carbonyl (C=O) groups is 2. The normalized spacial score (nSPS) is 21.7. The molecule has 5 nitrogen and oxygen atoms in total. The van der Waals surface area contributed by atoms with Gasteiger partial charge in [-0.25, -0.2) is 0 Å². The number of carbonyl (C=O) groups excluding carboxylic acids is 1. The van der Waals surface area contributed by atoms with Crippen LogP contribution in [0.3, 0.4) is 0 Å². The predicted octanol–water partition coefficient (Wildman–Crippen LogP) is 0.488. The molecule has 1 aliphatic heterocycles. The van der Waals surface area contributed by atoms with Crippen molar-refractivity contribution in [2.75, 3.05) is 19.4 Å². The predicted molar refractivity (Wildman–Crippen MR) is 61.5 cm³/mol. The first-order valence-electron chi connectivity index (χ1n) is 5.27. The van der Waals surface area contributed by atoms with Gasteiger partial charge in [-0.05, 0) is 18.6 Å². The maximum absolute atomic E-state index is 11.6. The molecule has 16 heavy (non-hydrogen) atoms. The van der Waals surface area contributed by atoms with E-state index in [9.17, 15) is 9.59 Å². The van der Waals surface area contributed by atoms with E-state index in [0.717, 1.165) is 18.6 Å². The quantitative estimate of drug-likeness (QED) is 0.714. The van der Waals surface area contributed by atoms with Crippen molar-refractivity contribution in [3.05, 3.63) is 0 Å². The Labute approximate surface area is 98.9 Å². The zero-order valence-electron chi connectivity index (χ0n) is 9.27. The minimum atomic E-state index is -0.920. The Bertz CT molecular complexity index is 253. The van der Waals surface area contributed by atoms with Crippen molar-refractivity contribution in [1.82, 2.24) is 5.32 Å². The van der Waals surface area contributed by atoms with E-state index in [1.54, 1.807) is 11.8 Å². The molecule has 0 saturated carbocycles. The zero-order valence-corrected chi connectivity index (χ0v) is 10.1. The monoisotopic (exact) mass is 247 g/mol. The number of carboxylic acid groups (broad SMARTS) is 1. The van der Waals surface area contributed by atoms with E-state index < -0.39 is 12.1 Å². The molecule has 0 aromatic heterocycles. The summed E-state index contributed by atoms with van der Waals surface area (Å²) in [5.41, 5.74) is 0. The van der Waals surface area contributed by atoms with Crippen molar-refractivity contribution in [3.63, 3.8) is 0 Å². The van der Waals surface area contributed by atoms with Crippen LogP contribution in [0, 0.1) is 0 Å². The molecule has 1 aliphatic rings. The van der Waals surface area contributed by atoms with Crippen LogP contribution in [0.5, 0.6) is 0 Å². The molecular weight excluding hydrogens is 230 g/mol. The Morgan fingerprint density at radius 2 is 2.38 bits per heavy atom. The third kappa shape index (κ3) is 4.40. The molecule has 0 radical (unpaired) electrons. The van der Waals surface area contributed by atoms with Gasteiger partial charge in [-0.1, -0.05) is 0 Å². The Morgan fingerprint density at radius 3 is 2.88 bits per heavy atom. The summed E-state index contributed by atoms with van der Waals surface area (Å²) in [5.74, 6) is 0.104. The summed E-state index contributed by atoms with van der Waals surface area (Å²) in [6.45, 7) is 0.263. The van der Waals surface area contributed by atoms with Gasteiger partial charge >= 0.3 is 5.97 Å². The number of aliphatic carboxylic acids is 1. The van der Waals surface area contributed by atoms with Crippen LogP contribution in [0.4, 0.5) is 0 Å². The van der Waals surface area contributed by atoms with Crippen molar-refractivity contribution in [2.45, 2.75) is 30.6 Å². The molecule has 2 N–H and O–H groups in total. The molecular formula is C10H17NO4S. The smallest absolute Gasteiger partial charge is 0.306 e. The van der Waals surface area contributed by atoms with Gasteiger partial charge in [0, 0.05) is 13.7 Å². The van der Waals surface area contributed by atoms with Crippen LogP contribution in [0.1, 0.15) is 19.3 Å². The zero-order chi connectivity index (χ0) is 12.0. The van der Waals surface area contributed by atoms with E-state index in [2.05, 4.69) is 5.32 Å². The Hall–Kier alpha value is -0.750. The second-order valence-corrected chi connectivity index (χ2v) is 5.01. The van der Waals surface area contributed by atoms with Crippen molar-refractivity contribution in [3.8, 4) is 0 Å². The summed E-state index contributed by atoms with van der Waals surface area (Å²) in [6.07, 6.45) is 1.45. The van der Waals surface area contributed by atoms with Crippen LogP contribution in [0.25, 0.3) is 0 Å². The van der Waals surface area contributed by atoms with Gasteiger partial charge in [0.1, 0.15) is 0 Å². The van der Waals surface area contributed by atoms with Crippen LogP contribution in [-0.4, -0.2) is 47.7 Å². The summed E-state index contributed by atoms with van der Waals surface area (Å²) < 4.78 is 4.97. The maximum atomic E-state index is 11.6. The van der Waals surface area contributed by atoms with E-state index in [1.807, 2.05) is 0 Å². The average Bonchev–Trinajstić information content (AvgIpc) is 2.76. The minimum absolute atomic E-state index is 0.00469. The number of carboxylic acids is 1. The van der Waals surface area contributed by atoms with Crippen LogP contribution in [0.2, 0.25) is 0 Å². The van der Waals surface area contributed by atoms with E-state index in [4.69, 9.17) is 9.84 Å². The molecule has 0 aromatic rings. The van der Waals surface area contributed by atoms with Crippen LogP contribution < -0.4 is 5.32 Å². The number of amides is 1. The summed E-state index contributed by atoms with van der Waals surface area (Å²) in [7, 11) is 1.45. The highest BCUT2D eigenvalue weighted by molar-refractivity contribution is 8.00. The fourth-order valence-corrected chi connectivity index (χ4v) is 2.73. The van der Waals surface area contributed by atoms with E-state index in [0.29, 0.717) is 0 Å². The van der Waals surface area contributed by atoms with Gasteiger partial charge in [0.25, 0.3) is 0 Å². The van der Waals surface area contributed by atoms with Gasteiger partial charge in [0.15, 0.2) is 0 Å². The van der Waals surface area contributed by atoms with E-state index in [-0.39, 0.29) is 24.1 Å². The highest BCUT2D eigenvalue weighted by Gasteiger charge is 2.24. The second-order valence-electron chi connectivity index (χ2n) is 3.70. The summed E-state index contributed by atoms with van der Waals surface area (Å²) in [6, 6.07) is 0. The van der Waals surface area contributed by atoms with Crippen molar-refractivity contribution in [1.29, 1.82) is 0 Å². The molecule has 1 amide bonds. The molecule has 1 rings (SSSR count). The molecule has 0 spiro atoms. The fourth-order valence-electron chi connectivity index (χ4n) is 1.55. The Balaban J connectivity index is 2.25. The van der Waals surface area contributed by atoms with Crippen LogP contribution >= 0.6 is 11.8 Å². The van der Waals surface area contributed by atoms with Gasteiger partial charge in [0.2, 0.25) is 5.91 Å². The van der Waals surface area contributed by atoms with Gasteiger partial charge in [0.05, 0.1) is 17.8 Å². The fraction of sp³-hybridized carbons (Fsp3) is 0.800. The lowest BCUT2D eigenvalue weighted by Gasteiger charge is -2.15. The molecule has 2 unspecified atom stereocenters. The van der Waals surface area contributed by atoms with Gasteiger partial charge in [-0.15, -0.1) is 11.8 Å².